The second-order valence-electron chi connectivity index (χ2n) is 9.82. The third-order valence-corrected chi connectivity index (χ3v) is 7.58. The van der Waals surface area contributed by atoms with Gasteiger partial charge in [0.05, 0.1) is 19.3 Å². The number of nitrogens with zero attached hydrogens (tertiary/aromatic N) is 1. The zero-order chi connectivity index (χ0) is 16.6. The van der Waals surface area contributed by atoms with Gasteiger partial charge in [0.15, 0.2) is 0 Å². The fraction of sp³-hybridized carbons (Fsp3) is 1.00. The summed E-state index contributed by atoms with van der Waals surface area (Å²) in [4.78, 5) is 2.37. The van der Waals surface area contributed by atoms with Gasteiger partial charge in [0.2, 0.25) is 0 Å². The molecule has 0 aromatic carbocycles. The molecule has 0 radical (unpaired) electrons. The predicted octanol–water partition coefficient (Wildman–Crippen LogP) is 3.84. The van der Waals surface area contributed by atoms with Crippen molar-refractivity contribution in [1.29, 1.82) is 0 Å². The quantitative estimate of drug-likeness (QED) is 0.767. The number of aliphatic hydroxyl groups is 1. The molecule has 3 heteroatoms. The molecule has 0 spiro atoms. The molecular formula is C21H37NO2. The Labute approximate surface area is 148 Å². The molecule has 4 bridgehead atoms. The monoisotopic (exact) mass is 335 g/mol. The largest absolute Gasteiger partial charge is 0.389 e. The Kier molecular flexibility index (Phi) is 5.22. The van der Waals surface area contributed by atoms with Crippen LogP contribution in [-0.4, -0.2) is 49.0 Å². The number of likely N-dealkylation sites (N-methyl/N-ethyl adjacent to an activating group) is 1. The molecule has 5 aliphatic carbocycles. The number of aliphatic hydroxyl groups excluding tert-OH is 1. The zero-order valence-electron chi connectivity index (χ0n) is 15.6. The predicted molar refractivity (Wildman–Crippen MR) is 96.9 cm³/mol. The first kappa shape index (κ1) is 17.3. The van der Waals surface area contributed by atoms with E-state index in [-0.39, 0.29) is 6.10 Å². The van der Waals surface area contributed by atoms with E-state index in [2.05, 4.69) is 11.9 Å². The van der Waals surface area contributed by atoms with Gasteiger partial charge in [0.25, 0.3) is 0 Å². The second-order valence-corrected chi connectivity index (χ2v) is 9.82. The third-order valence-electron chi connectivity index (χ3n) is 7.58. The van der Waals surface area contributed by atoms with E-state index in [1.165, 1.54) is 70.6 Å². The molecule has 3 nitrogen and oxygen atoms in total. The second kappa shape index (κ2) is 7.25. The van der Waals surface area contributed by atoms with Gasteiger partial charge in [-0.25, -0.2) is 0 Å². The molecule has 0 aromatic heterocycles. The van der Waals surface area contributed by atoms with Crippen LogP contribution in [0.4, 0.5) is 0 Å². The van der Waals surface area contributed by atoms with Crippen LogP contribution >= 0.6 is 0 Å². The molecule has 0 saturated heterocycles. The maximum absolute atomic E-state index is 10.4. The van der Waals surface area contributed by atoms with Gasteiger partial charge in [0, 0.05) is 12.6 Å². The summed E-state index contributed by atoms with van der Waals surface area (Å²) < 4.78 is 6.09. The minimum atomic E-state index is -0.328. The Morgan fingerprint density at radius 3 is 2.17 bits per heavy atom. The lowest BCUT2D eigenvalue weighted by molar-refractivity contribution is -0.107. The summed E-state index contributed by atoms with van der Waals surface area (Å²) in [6.45, 7) is 2.20. The Morgan fingerprint density at radius 1 is 1.00 bits per heavy atom. The number of hydrogen-bond donors (Lipinski definition) is 1. The van der Waals surface area contributed by atoms with Crippen molar-refractivity contribution < 1.29 is 9.84 Å². The van der Waals surface area contributed by atoms with Crippen LogP contribution in [0.25, 0.3) is 0 Å². The highest BCUT2D eigenvalue weighted by molar-refractivity contribution is 5.01. The first-order chi connectivity index (χ1) is 11.6. The minimum Gasteiger partial charge on any atom is -0.389 e. The van der Waals surface area contributed by atoms with Crippen LogP contribution in [0.5, 0.6) is 0 Å². The van der Waals surface area contributed by atoms with E-state index < -0.39 is 0 Å². The van der Waals surface area contributed by atoms with Crippen molar-refractivity contribution in [3.8, 4) is 0 Å². The van der Waals surface area contributed by atoms with E-state index in [0.29, 0.717) is 18.1 Å². The van der Waals surface area contributed by atoms with Crippen molar-refractivity contribution in [3.63, 3.8) is 0 Å². The summed E-state index contributed by atoms with van der Waals surface area (Å²) in [7, 11) is 2.18. The molecule has 5 rings (SSSR count). The molecule has 0 aromatic rings. The van der Waals surface area contributed by atoms with E-state index in [4.69, 9.17) is 4.74 Å². The molecule has 1 N–H and O–H groups in total. The van der Waals surface area contributed by atoms with Crippen LogP contribution in [0.1, 0.15) is 70.6 Å². The van der Waals surface area contributed by atoms with Gasteiger partial charge < -0.3 is 14.7 Å². The summed E-state index contributed by atoms with van der Waals surface area (Å²) in [6, 6.07) is 0.677. The zero-order valence-corrected chi connectivity index (χ0v) is 15.6. The van der Waals surface area contributed by atoms with Gasteiger partial charge >= 0.3 is 0 Å². The van der Waals surface area contributed by atoms with E-state index in [0.717, 1.165) is 30.9 Å². The molecule has 5 saturated carbocycles. The van der Waals surface area contributed by atoms with Gasteiger partial charge in [-0.2, -0.15) is 0 Å². The summed E-state index contributed by atoms with van der Waals surface area (Å²) in [5, 5.41) is 10.4. The van der Waals surface area contributed by atoms with E-state index in [1.807, 2.05) is 0 Å². The normalized spacial score (nSPS) is 40.4. The highest BCUT2D eigenvalue weighted by Crippen LogP contribution is 2.60. The lowest BCUT2D eigenvalue weighted by atomic mass is 9.50. The molecule has 0 aliphatic heterocycles. The molecule has 1 unspecified atom stereocenters. The van der Waals surface area contributed by atoms with Crippen molar-refractivity contribution in [3.05, 3.63) is 0 Å². The van der Waals surface area contributed by atoms with E-state index >= 15 is 0 Å². The Bertz CT molecular complexity index is 383. The number of ether oxygens (including phenoxy) is 1. The topological polar surface area (TPSA) is 32.7 Å². The van der Waals surface area contributed by atoms with Crippen LogP contribution in [0.3, 0.4) is 0 Å². The summed E-state index contributed by atoms with van der Waals surface area (Å²) in [6.07, 6.45) is 15.1. The molecule has 138 valence electrons. The SMILES string of the molecule is CN(CC(O)COCC12CC3CC(CC(C3)C1)C2)C1CCCCC1. The van der Waals surface area contributed by atoms with Crippen LogP contribution in [0.15, 0.2) is 0 Å². The standard InChI is InChI=1S/C21H37NO2/c1-22(19-5-3-2-4-6-19)13-20(23)14-24-15-21-10-16-7-17(11-21)9-18(8-16)12-21/h16-20,23H,2-15H2,1H3. The van der Waals surface area contributed by atoms with Crippen molar-refractivity contribution in [2.24, 2.45) is 23.2 Å². The molecule has 24 heavy (non-hydrogen) atoms. The first-order valence-electron chi connectivity index (χ1n) is 10.6. The van der Waals surface area contributed by atoms with Gasteiger partial charge in [-0.15, -0.1) is 0 Å². The summed E-state index contributed by atoms with van der Waals surface area (Å²) in [5.41, 5.74) is 0.476. The van der Waals surface area contributed by atoms with Crippen LogP contribution in [0, 0.1) is 23.2 Å². The smallest absolute Gasteiger partial charge is 0.0900 e. The lowest BCUT2D eigenvalue weighted by Gasteiger charge is -2.56. The Morgan fingerprint density at radius 2 is 1.58 bits per heavy atom. The van der Waals surface area contributed by atoms with E-state index in [9.17, 15) is 5.11 Å². The van der Waals surface area contributed by atoms with Gasteiger partial charge in [0.1, 0.15) is 0 Å². The maximum atomic E-state index is 10.4. The maximum Gasteiger partial charge on any atom is 0.0900 e. The molecular weight excluding hydrogens is 298 g/mol. The average Bonchev–Trinajstić information content (AvgIpc) is 2.54. The minimum absolute atomic E-state index is 0.328. The average molecular weight is 336 g/mol. The molecule has 5 aliphatic rings. The van der Waals surface area contributed by atoms with Gasteiger partial charge in [-0.3, -0.25) is 0 Å². The molecule has 5 fully saturated rings. The molecule has 0 heterocycles. The van der Waals surface area contributed by atoms with Crippen molar-refractivity contribution in [1.82, 2.24) is 4.90 Å². The first-order valence-corrected chi connectivity index (χ1v) is 10.6. The lowest BCUT2D eigenvalue weighted by Crippen LogP contribution is -2.48. The van der Waals surface area contributed by atoms with Gasteiger partial charge in [-0.05, 0) is 81.6 Å². The Hall–Kier alpha value is -0.120. The number of rotatable bonds is 7. The van der Waals surface area contributed by atoms with Crippen molar-refractivity contribution >= 4 is 0 Å². The number of hydrogen-bond acceptors (Lipinski definition) is 3. The summed E-state index contributed by atoms with van der Waals surface area (Å²) in [5.74, 6) is 2.96. The highest BCUT2D eigenvalue weighted by atomic mass is 16.5. The van der Waals surface area contributed by atoms with Crippen molar-refractivity contribution in [2.75, 3.05) is 26.8 Å². The van der Waals surface area contributed by atoms with Crippen LogP contribution < -0.4 is 0 Å². The van der Waals surface area contributed by atoms with Gasteiger partial charge in [-0.1, -0.05) is 19.3 Å². The highest BCUT2D eigenvalue weighted by Gasteiger charge is 2.50. The van der Waals surface area contributed by atoms with Crippen molar-refractivity contribution in [2.45, 2.75) is 82.8 Å². The van der Waals surface area contributed by atoms with Crippen LogP contribution in [0.2, 0.25) is 0 Å². The third kappa shape index (κ3) is 3.83. The summed E-state index contributed by atoms with van der Waals surface area (Å²) >= 11 is 0. The molecule has 0 amide bonds. The van der Waals surface area contributed by atoms with E-state index in [1.54, 1.807) is 0 Å². The fourth-order valence-corrected chi connectivity index (χ4v) is 6.93. The van der Waals surface area contributed by atoms with Crippen LogP contribution in [-0.2, 0) is 4.74 Å². The molecule has 1 atom stereocenters. The fourth-order valence-electron chi connectivity index (χ4n) is 6.93. The Balaban J connectivity index is 1.20.